The molecule has 0 radical (unpaired) electrons. The molecule has 5 nitrogen and oxygen atoms in total. The third-order valence-electron chi connectivity index (χ3n) is 5.59. The van der Waals surface area contributed by atoms with Gasteiger partial charge in [0, 0.05) is 25.4 Å². The third kappa shape index (κ3) is 6.10. The van der Waals surface area contributed by atoms with Crippen LogP contribution in [0.15, 0.2) is 23.2 Å². The van der Waals surface area contributed by atoms with Crippen LogP contribution in [-0.2, 0) is 9.84 Å². The van der Waals surface area contributed by atoms with Gasteiger partial charge in [0.05, 0.1) is 18.0 Å². The van der Waals surface area contributed by atoms with Crippen LogP contribution in [0, 0.1) is 17.8 Å². The summed E-state index contributed by atoms with van der Waals surface area (Å²) in [4.78, 5) is 6.10. The highest BCUT2D eigenvalue weighted by Crippen LogP contribution is 2.49. The van der Waals surface area contributed by atoms with Crippen LogP contribution in [0.5, 0.6) is 5.88 Å². The van der Waals surface area contributed by atoms with Gasteiger partial charge in [-0.1, -0.05) is 0 Å². The topological polar surface area (TPSA) is 59.5 Å². The van der Waals surface area contributed by atoms with E-state index in [1.807, 2.05) is 4.90 Å². The summed E-state index contributed by atoms with van der Waals surface area (Å²) in [6, 6.07) is 3.09. The number of rotatable bonds is 8. The van der Waals surface area contributed by atoms with Gasteiger partial charge in [-0.05, 0) is 62.6 Å². The van der Waals surface area contributed by atoms with Crippen molar-refractivity contribution in [2.75, 3.05) is 32.5 Å². The first-order chi connectivity index (χ1) is 12.6. The molecule has 1 aromatic rings. The van der Waals surface area contributed by atoms with Gasteiger partial charge in [-0.15, -0.1) is 0 Å². The molecule has 2 atom stereocenters. The van der Waals surface area contributed by atoms with Crippen LogP contribution < -0.4 is 4.74 Å². The number of nitrogens with zero attached hydrogens (tertiary/aromatic N) is 2. The number of halogens is 2. The monoisotopic (exact) mass is 402 g/mol. The molecular formula is C19H28F2N2O3S. The summed E-state index contributed by atoms with van der Waals surface area (Å²) in [7, 11) is -3.24. The maximum atomic E-state index is 13.1. The number of aromatic nitrogens is 1. The van der Waals surface area contributed by atoms with Crippen LogP contribution in [-0.4, -0.2) is 56.7 Å². The van der Waals surface area contributed by atoms with Gasteiger partial charge in [-0.25, -0.2) is 22.2 Å². The molecule has 8 heteroatoms. The lowest BCUT2D eigenvalue weighted by atomic mass is 9.90. The normalized spacial score (nSPS) is 24.7. The average molecular weight is 403 g/mol. The van der Waals surface area contributed by atoms with Crippen molar-refractivity contribution in [1.29, 1.82) is 0 Å². The zero-order valence-corrected chi connectivity index (χ0v) is 16.7. The minimum atomic E-state index is -3.24. The van der Waals surface area contributed by atoms with Gasteiger partial charge in [0.2, 0.25) is 5.88 Å². The molecule has 0 bridgehead atoms. The fraction of sp³-hybridized carbons (Fsp3) is 0.737. The molecule has 27 heavy (non-hydrogen) atoms. The van der Waals surface area contributed by atoms with E-state index in [1.54, 1.807) is 6.07 Å². The number of hydrogen-bond donors (Lipinski definition) is 0. The van der Waals surface area contributed by atoms with Crippen molar-refractivity contribution in [1.82, 2.24) is 9.88 Å². The summed E-state index contributed by atoms with van der Waals surface area (Å²) >= 11 is 0. The Labute approximate surface area is 160 Å². The van der Waals surface area contributed by atoms with Gasteiger partial charge in [0.15, 0.2) is 9.84 Å². The molecule has 1 aromatic heterocycles. The predicted octanol–water partition coefficient (Wildman–Crippen LogP) is 3.26. The standard InChI is InChI=1S/C19H28F2N2O3S/c1-19(20,21)13-23-8-5-14(6-9-23)17-11-15(17)7-10-26-18-4-3-16(12-22-18)27(2,24)25/h3-4,12,14-15,17H,5-11,13H2,1-2H3. The van der Waals surface area contributed by atoms with Gasteiger partial charge in [0.25, 0.3) is 5.92 Å². The summed E-state index contributed by atoms with van der Waals surface area (Å²) in [5.74, 6) is -0.194. The van der Waals surface area contributed by atoms with Crippen molar-refractivity contribution in [3.8, 4) is 5.88 Å². The minimum absolute atomic E-state index is 0.132. The van der Waals surface area contributed by atoms with Gasteiger partial charge >= 0.3 is 0 Å². The van der Waals surface area contributed by atoms with Crippen LogP contribution in [0.25, 0.3) is 0 Å². The van der Waals surface area contributed by atoms with Crippen LogP contribution in [0.2, 0.25) is 0 Å². The van der Waals surface area contributed by atoms with E-state index in [9.17, 15) is 17.2 Å². The van der Waals surface area contributed by atoms with Crippen molar-refractivity contribution in [2.24, 2.45) is 17.8 Å². The Morgan fingerprint density at radius 3 is 2.56 bits per heavy atom. The summed E-state index contributed by atoms with van der Waals surface area (Å²) in [5.41, 5.74) is 0. The minimum Gasteiger partial charge on any atom is -0.478 e. The van der Waals surface area contributed by atoms with Gasteiger partial charge in [0.1, 0.15) is 0 Å². The van der Waals surface area contributed by atoms with Gasteiger partial charge < -0.3 is 4.74 Å². The van der Waals surface area contributed by atoms with Crippen LogP contribution in [0.1, 0.15) is 32.6 Å². The Morgan fingerprint density at radius 1 is 1.30 bits per heavy atom. The number of sulfone groups is 1. The second kappa shape index (κ2) is 7.99. The fourth-order valence-electron chi connectivity index (χ4n) is 4.10. The maximum absolute atomic E-state index is 13.1. The first-order valence-electron chi connectivity index (χ1n) is 9.51. The molecule has 1 saturated heterocycles. The van der Waals surface area contributed by atoms with E-state index in [1.165, 1.54) is 18.7 Å². The molecule has 2 unspecified atom stereocenters. The molecular weight excluding hydrogens is 374 g/mol. The van der Waals surface area contributed by atoms with E-state index in [4.69, 9.17) is 4.74 Å². The highest BCUT2D eigenvalue weighted by atomic mass is 32.2. The molecule has 0 N–H and O–H groups in total. The lowest BCUT2D eigenvalue weighted by molar-refractivity contribution is -0.0232. The van der Waals surface area contributed by atoms with Gasteiger partial charge in [-0.3, -0.25) is 4.90 Å². The second-order valence-corrected chi connectivity index (χ2v) is 10.1. The highest BCUT2D eigenvalue weighted by Gasteiger charge is 2.43. The number of hydrogen-bond acceptors (Lipinski definition) is 5. The summed E-state index contributed by atoms with van der Waals surface area (Å²) in [6.45, 7) is 2.95. The molecule has 0 spiro atoms. The molecule has 2 aliphatic rings. The third-order valence-corrected chi connectivity index (χ3v) is 6.69. The number of pyridine rings is 1. The van der Waals surface area contributed by atoms with Crippen LogP contribution in [0.4, 0.5) is 8.78 Å². The largest absolute Gasteiger partial charge is 0.478 e. The number of ether oxygens (including phenoxy) is 1. The predicted molar refractivity (Wildman–Crippen MR) is 98.8 cm³/mol. The molecule has 1 aliphatic heterocycles. The van der Waals surface area contributed by atoms with Crippen LogP contribution >= 0.6 is 0 Å². The second-order valence-electron chi connectivity index (χ2n) is 8.08. The number of piperidine rings is 1. The summed E-state index contributed by atoms with van der Waals surface area (Å²) in [5, 5.41) is 0. The molecule has 0 aromatic carbocycles. The van der Waals surface area contributed by atoms with Gasteiger partial charge in [-0.2, -0.15) is 0 Å². The lowest BCUT2D eigenvalue weighted by Crippen LogP contribution is -2.41. The van der Waals surface area contributed by atoms with E-state index in [-0.39, 0.29) is 11.4 Å². The van der Waals surface area contributed by atoms with Crippen molar-refractivity contribution in [2.45, 2.75) is 43.4 Å². The number of likely N-dealkylation sites (tertiary alicyclic amines) is 1. The Kier molecular flexibility index (Phi) is 6.05. The zero-order valence-electron chi connectivity index (χ0n) is 15.9. The Hall–Kier alpha value is -1.28. The molecule has 3 rings (SSSR count). The molecule has 0 amide bonds. The van der Waals surface area contributed by atoms with Crippen molar-refractivity contribution < 1.29 is 21.9 Å². The average Bonchev–Trinajstić information content (AvgIpc) is 3.33. The SMILES string of the molecule is CC(F)(F)CN1CCC(C2CC2CCOc2ccc(S(C)(=O)=O)cn2)CC1. The quantitative estimate of drug-likeness (QED) is 0.668. The smallest absolute Gasteiger partial charge is 0.257 e. The molecule has 2 heterocycles. The molecule has 2 fully saturated rings. The molecule has 1 aliphatic carbocycles. The van der Waals surface area contributed by atoms with Crippen molar-refractivity contribution >= 4 is 9.84 Å². The van der Waals surface area contributed by atoms with E-state index >= 15 is 0 Å². The van der Waals surface area contributed by atoms with E-state index in [2.05, 4.69) is 4.98 Å². The summed E-state index contributed by atoms with van der Waals surface area (Å²) in [6.07, 6.45) is 6.62. The molecule has 1 saturated carbocycles. The number of alkyl halides is 2. The Bertz CT molecular complexity index is 726. The van der Waals surface area contributed by atoms with E-state index in [0.717, 1.165) is 45.5 Å². The van der Waals surface area contributed by atoms with E-state index < -0.39 is 15.8 Å². The highest BCUT2D eigenvalue weighted by molar-refractivity contribution is 7.90. The van der Waals surface area contributed by atoms with E-state index in [0.29, 0.717) is 30.2 Å². The zero-order chi connectivity index (χ0) is 19.7. The molecule has 152 valence electrons. The first-order valence-corrected chi connectivity index (χ1v) is 11.4. The Morgan fingerprint density at radius 2 is 2.00 bits per heavy atom. The maximum Gasteiger partial charge on any atom is 0.257 e. The first kappa shape index (κ1) is 20.5. The summed E-state index contributed by atoms with van der Waals surface area (Å²) < 4.78 is 54.7. The Balaban J connectivity index is 1.35. The van der Waals surface area contributed by atoms with Crippen molar-refractivity contribution in [3.63, 3.8) is 0 Å². The van der Waals surface area contributed by atoms with Crippen molar-refractivity contribution in [3.05, 3.63) is 18.3 Å². The van der Waals surface area contributed by atoms with Crippen LogP contribution in [0.3, 0.4) is 0 Å². The lowest BCUT2D eigenvalue weighted by Gasteiger charge is -2.33. The fourth-order valence-corrected chi connectivity index (χ4v) is 4.66.